The molecule has 38 heavy (non-hydrogen) atoms. The summed E-state index contributed by atoms with van der Waals surface area (Å²) in [7, 11) is 1.61. The number of benzene rings is 1. The van der Waals surface area contributed by atoms with E-state index in [0.29, 0.717) is 52.3 Å². The molecular formula is C26H26FN5O4S2. The number of nitrogens with zero attached hydrogens (tertiary/aromatic N) is 5. The summed E-state index contributed by atoms with van der Waals surface area (Å²) < 4.78 is 15.1. The van der Waals surface area contributed by atoms with Gasteiger partial charge in [0.1, 0.15) is 27.6 Å². The van der Waals surface area contributed by atoms with Gasteiger partial charge in [-0.15, -0.1) is 0 Å². The van der Waals surface area contributed by atoms with E-state index >= 15 is 0 Å². The number of rotatable bonds is 7. The Labute approximate surface area is 228 Å². The number of carbonyl (C=O) groups is 2. The molecule has 1 aromatic carbocycles. The molecule has 0 atom stereocenters. The number of hydrogen-bond acceptors (Lipinski definition) is 8. The van der Waals surface area contributed by atoms with Gasteiger partial charge in [-0.3, -0.25) is 23.9 Å². The van der Waals surface area contributed by atoms with E-state index in [1.165, 1.54) is 21.6 Å². The van der Waals surface area contributed by atoms with E-state index < -0.39 is 11.5 Å². The number of thioether (sulfide) groups is 1. The monoisotopic (exact) mass is 555 g/mol. The van der Waals surface area contributed by atoms with Crippen LogP contribution < -0.4 is 15.4 Å². The fraction of sp³-hybridized carbons (Fsp3) is 0.346. The molecule has 3 heterocycles. The average molecular weight is 556 g/mol. The van der Waals surface area contributed by atoms with Gasteiger partial charge in [0, 0.05) is 57.4 Å². The fourth-order valence-electron chi connectivity index (χ4n) is 4.63. The quantitative estimate of drug-likeness (QED) is 0.407. The molecule has 2 saturated heterocycles. The number of aromatic nitrogens is 1. The van der Waals surface area contributed by atoms with Gasteiger partial charge in [-0.05, 0) is 49.2 Å². The van der Waals surface area contributed by atoms with Crippen molar-refractivity contribution in [2.24, 2.45) is 7.05 Å². The molecule has 9 nitrogen and oxygen atoms in total. The number of aliphatic carboxylic acids is 1. The molecule has 1 amide bonds. The smallest absolute Gasteiger partial charge is 0.303 e. The van der Waals surface area contributed by atoms with Crippen LogP contribution in [0.2, 0.25) is 0 Å². The maximum Gasteiger partial charge on any atom is 0.303 e. The van der Waals surface area contributed by atoms with Crippen molar-refractivity contribution < 1.29 is 19.1 Å². The summed E-state index contributed by atoms with van der Waals surface area (Å²) in [6, 6.07) is 8.31. The van der Waals surface area contributed by atoms with Crippen LogP contribution in [0.25, 0.3) is 6.08 Å². The summed E-state index contributed by atoms with van der Waals surface area (Å²) in [6.07, 6.45) is 1.87. The Kier molecular flexibility index (Phi) is 8.18. The minimum atomic E-state index is -0.944. The molecule has 0 radical (unpaired) electrons. The number of thiocarbonyl (C=S) groups is 1. The fourth-order valence-corrected chi connectivity index (χ4v) is 5.93. The molecule has 2 aliphatic rings. The minimum Gasteiger partial charge on any atom is -0.481 e. The predicted octanol–water partition coefficient (Wildman–Crippen LogP) is 3.10. The number of carboxylic acid groups (broad SMARTS) is 1. The second-order valence-electron chi connectivity index (χ2n) is 8.99. The van der Waals surface area contributed by atoms with Gasteiger partial charge in [0.2, 0.25) is 0 Å². The molecule has 198 valence electrons. The van der Waals surface area contributed by atoms with E-state index in [-0.39, 0.29) is 36.7 Å². The van der Waals surface area contributed by atoms with Crippen LogP contribution >= 0.6 is 24.0 Å². The minimum absolute atomic E-state index is 0.00406. The molecule has 0 unspecified atom stereocenters. The number of hydrogen-bond donors (Lipinski definition) is 1. The third kappa shape index (κ3) is 5.44. The summed E-state index contributed by atoms with van der Waals surface area (Å²) in [4.78, 5) is 43.0. The van der Waals surface area contributed by atoms with Gasteiger partial charge in [0.05, 0.1) is 4.91 Å². The van der Waals surface area contributed by atoms with E-state index in [4.69, 9.17) is 17.3 Å². The second kappa shape index (κ2) is 11.4. The molecule has 0 saturated carbocycles. The van der Waals surface area contributed by atoms with Gasteiger partial charge in [-0.2, -0.15) is 5.26 Å². The maximum absolute atomic E-state index is 13.4. The lowest BCUT2D eigenvalue weighted by molar-refractivity contribution is -0.137. The summed E-state index contributed by atoms with van der Waals surface area (Å²) >= 11 is 6.49. The van der Waals surface area contributed by atoms with E-state index in [1.54, 1.807) is 32.2 Å². The molecule has 4 rings (SSSR count). The Morgan fingerprint density at radius 1 is 1.18 bits per heavy atom. The Hall–Kier alpha value is -3.69. The van der Waals surface area contributed by atoms with Crippen LogP contribution in [0.15, 0.2) is 34.0 Å². The van der Waals surface area contributed by atoms with Crippen molar-refractivity contribution in [2.75, 3.05) is 42.5 Å². The summed E-state index contributed by atoms with van der Waals surface area (Å²) in [5, 5.41) is 18.6. The van der Waals surface area contributed by atoms with Gasteiger partial charge in [-0.1, -0.05) is 24.0 Å². The topological polar surface area (TPSA) is 110 Å². The zero-order valence-electron chi connectivity index (χ0n) is 20.9. The Morgan fingerprint density at radius 2 is 1.82 bits per heavy atom. The third-order valence-corrected chi connectivity index (χ3v) is 8.04. The van der Waals surface area contributed by atoms with Crippen LogP contribution in [0.3, 0.4) is 0 Å². The maximum atomic E-state index is 13.4. The van der Waals surface area contributed by atoms with Gasteiger partial charge >= 0.3 is 5.97 Å². The first kappa shape index (κ1) is 27.3. The third-order valence-electron chi connectivity index (χ3n) is 6.66. The summed E-state index contributed by atoms with van der Waals surface area (Å²) in [5.74, 6) is -0.974. The van der Waals surface area contributed by atoms with Gasteiger partial charge in [0.25, 0.3) is 11.5 Å². The SMILES string of the molecule is Cc1c(/C=C2/SC(=S)N(CCCC(=O)O)C2=O)c(N2CCN(c3ccc(F)cc3)CC2)n(C)c(=O)c1C#N. The van der Waals surface area contributed by atoms with Crippen LogP contribution in [0.5, 0.6) is 0 Å². The molecule has 0 aliphatic carbocycles. The number of anilines is 2. The zero-order chi connectivity index (χ0) is 27.6. The number of pyridine rings is 1. The van der Waals surface area contributed by atoms with Gasteiger partial charge in [-0.25, -0.2) is 4.39 Å². The van der Waals surface area contributed by atoms with Crippen LogP contribution in [0.4, 0.5) is 15.9 Å². The lowest BCUT2D eigenvalue weighted by Crippen LogP contribution is -2.48. The molecule has 12 heteroatoms. The highest BCUT2D eigenvalue weighted by molar-refractivity contribution is 8.26. The van der Waals surface area contributed by atoms with Crippen molar-refractivity contribution in [3.8, 4) is 6.07 Å². The second-order valence-corrected chi connectivity index (χ2v) is 10.7. The molecule has 1 aromatic heterocycles. The lowest BCUT2D eigenvalue weighted by Gasteiger charge is -2.38. The van der Waals surface area contributed by atoms with Crippen molar-refractivity contribution in [1.82, 2.24) is 9.47 Å². The van der Waals surface area contributed by atoms with E-state index in [9.17, 15) is 24.0 Å². The summed E-state index contributed by atoms with van der Waals surface area (Å²) in [5.41, 5.74) is 1.55. The highest BCUT2D eigenvalue weighted by Crippen LogP contribution is 2.36. The zero-order valence-corrected chi connectivity index (χ0v) is 22.6. The first-order valence-electron chi connectivity index (χ1n) is 12.0. The molecular weight excluding hydrogens is 529 g/mol. The van der Waals surface area contributed by atoms with Crippen LogP contribution in [-0.4, -0.2) is 63.5 Å². The average Bonchev–Trinajstić information content (AvgIpc) is 3.15. The van der Waals surface area contributed by atoms with Gasteiger partial charge in [0.15, 0.2) is 0 Å². The number of halogens is 1. The Morgan fingerprint density at radius 3 is 2.42 bits per heavy atom. The van der Waals surface area contributed by atoms with Crippen molar-refractivity contribution >= 4 is 57.8 Å². The number of carboxylic acids is 1. The van der Waals surface area contributed by atoms with E-state index in [1.807, 2.05) is 6.07 Å². The number of nitriles is 1. The lowest BCUT2D eigenvalue weighted by atomic mass is 10.0. The largest absolute Gasteiger partial charge is 0.481 e. The number of carbonyl (C=O) groups excluding carboxylic acids is 1. The van der Waals surface area contributed by atoms with Crippen LogP contribution in [0.1, 0.15) is 29.5 Å². The molecule has 2 fully saturated rings. The molecule has 0 spiro atoms. The van der Waals surface area contributed by atoms with Crippen molar-refractivity contribution in [2.45, 2.75) is 19.8 Å². The van der Waals surface area contributed by atoms with Gasteiger partial charge < -0.3 is 14.9 Å². The first-order chi connectivity index (χ1) is 18.1. The standard InChI is InChI=1S/C26H26FN5O4S2/c1-16-19(14-21-25(36)32(26(37)38-21)9-3-4-22(33)34)23(29(2)24(35)20(16)15-28)31-12-10-30(11-13-31)18-7-5-17(27)6-8-18/h5-8,14H,3-4,9-13H2,1-2H3,(H,33,34)/b21-14+. The Bertz CT molecular complexity index is 1420. The van der Waals surface area contributed by atoms with Crippen molar-refractivity contribution in [3.05, 3.63) is 62.0 Å². The summed E-state index contributed by atoms with van der Waals surface area (Å²) in [6.45, 7) is 4.27. The number of amides is 1. The van der Waals surface area contributed by atoms with Crippen molar-refractivity contribution in [3.63, 3.8) is 0 Å². The van der Waals surface area contributed by atoms with Crippen molar-refractivity contribution in [1.29, 1.82) is 5.26 Å². The molecule has 2 aliphatic heterocycles. The van der Waals surface area contributed by atoms with E-state index in [2.05, 4.69) is 9.80 Å². The molecule has 2 aromatic rings. The molecule has 0 bridgehead atoms. The molecule has 1 N–H and O–H groups in total. The van der Waals surface area contributed by atoms with Crippen LogP contribution in [0, 0.1) is 24.1 Å². The number of piperazine rings is 1. The van der Waals surface area contributed by atoms with E-state index in [0.717, 1.165) is 17.4 Å². The highest BCUT2D eigenvalue weighted by atomic mass is 32.2. The van der Waals surface area contributed by atoms with Crippen LogP contribution in [-0.2, 0) is 16.6 Å². The highest BCUT2D eigenvalue weighted by Gasteiger charge is 2.33. The predicted molar refractivity (Wildman–Crippen MR) is 149 cm³/mol. The normalized spacial score (nSPS) is 16.9. The first-order valence-corrected chi connectivity index (χ1v) is 13.2. The Balaban J connectivity index is 1.67.